The van der Waals surface area contributed by atoms with Crippen LogP contribution >= 0.6 is 0 Å². The Morgan fingerprint density at radius 1 is 1.00 bits per heavy atom. The van der Waals surface area contributed by atoms with Crippen molar-refractivity contribution in [2.45, 2.75) is 13.0 Å². The van der Waals surface area contributed by atoms with Crippen molar-refractivity contribution in [3.8, 4) is 0 Å². The molecule has 0 unspecified atom stereocenters. The van der Waals surface area contributed by atoms with Gasteiger partial charge in [-0.15, -0.1) is 0 Å². The van der Waals surface area contributed by atoms with Crippen LogP contribution in [0.4, 0.5) is 0 Å². The van der Waals surface area contributed by atoms with Gasteiger partial charge in [0.15, 0.2) is 0 Å². The lowest BCUT2D eigenvalue weighted by Crippen LogP contribution is -2.37. The number of pyridine rings is 1. The molecule has 1 aromatic heterocycles. The maximum absolute atomic E-state index is 12.8. The molecule has 1 N–H and O–H groups in total. The Hall–Kier alpha value is -2.88. The van der Waals surface area contributed by atoms with Gasteiger partial charge in [0.2, 0.25) is 0 Å². The monoisotopic (exact) mass is 304 g/mol. The lowest BCUT2D eigenvalue weighted by atomic mass is 9.99. The second-order valence-electron chi connectivity index (χ2n) is 5.84. The maximum Gasteiger partial charge on any atom is 0.270 e. The number of hydrogen-bond acceptors (Lipinski definition) is 2. The van der Waals surface area contributed by atoms with E-state index in [1.807, 2.05) is 30.3 Å². The number of benzene rings is 2. The third-order valence-corrected chi connectivity index (χ3v) is 4.40. The second kappa shape index (κ2) is 5.39. The fourth-order valence-electron chi connectivity index (χ4n) is 3.17. The number of amides is 1. The molecule has 4 rings (SSSR count). The van der Waals surface area contributed by atoms with Crippen LogP contribution in [-0.2, 0) is 13.0 Å². The Labute approximate surface area is 133 Å². The summed E-state index contributed by atoms with van der Waals surface area (Å²) < 4.78 is 0. The number of aromatic amines is 1. The molecule has 0 atom stereocenters. The fraction of sp³-hybridized carbons (Fsp3) is 0.158. The zero-order chi connectivity index (χ0) is 15.8. The normalized spacial score (nSPS) is 13.8. The molecule has 1 amide bonds. The molecule has 2 heterocycles. The minimum absolute atomic E-state index is 0.123. The Balaban J connectivity index is 1.69. The van der Waals surface area contributed by atoms with Gasteiger partial charge in [-0.1, -0.05) is 42.5 Å². The lowest BCUT2D eigenvalue weighted by molar-refractivity contribution is 0.0728. The largest absolute Gasteiger partial charge is 0.333 e. The highest BCUT2D eigenvalue weighted by molar-refractivity contribution is 5.96. The van der Waals surface area contributed by atoms with Crippen LogP contribution in [0.3, 0.4) is 0 Å². The van der Waals surface area contributed by atoms with Crippen molar-refractivity contribution in [2.75, 3.05) is 6.54 Å². The van der Waals surface area contributed by atoms with E-state index in [-0.39, 0.29) is 11.5 Å². The summed E-state index contributed by atoms with van der Waals surface area (Å²) in [6.07, 6.45) is 0.847. The van der Waals surface area contributed by atoms with Gasteiger partial charge in [0.05, 0.1) is 0 Å². The molecule has 4 heteroatoms. The van der Waals surface area contributed by atoms with Gasteiger partial charge in [-0.25, -0.2) is 0 Å². The third-order valence-electron chi connectivity index (χ3n) is 4.40. The first-order valence-electron chi connectivity index (χ1n) is 7.70. The first-order valence-corrected chi connectivity index (χ1v) is 7.70. The average Bonchev–Trinajstić information content (AvgIpc) is 2.60. The fourth-order valence-corrected chi connectivity index (χ4v) is 3.17. The van der Waals surface area contributed by atoms with Crippen molar-refractivity contribution in [3.63, 3.8) is 0 Å². The standard InChI is InChI=1S/C19H16N2O2/c22-18-16-8-4-3-6-14(16)11-17(20-18)19(23)21-10-9-13-5-1-2-7-15(13)12-21/h1-8,11H,9-10,12H2,(H,20,22). The first-order chi connectivity index (χ1) is 11.2. The van der Waals surface area contributed by atoms with E-state index in [0.29, 0.717) is 24.2 Å². The third kappa shape index (κ3) is 2.42. The van der Waals surface area contributed by atoms with Crippen LogP contribution < -0.4 is 5.56 Å². The highest BCUT2D eigenvalue weighted by atomic mass is 16.2. The van der Waals surface area contributed by atoms with Gasteiger partial charge in [0.1, 0.15) is 5.69 Å². The molecule has 2 aromatic carbocycles. The number of aromatic nitrogens is 1. The van der Waals surface area contributed by atoms with E-state index in [1.165, 1.54) is 11.1 Å². The topological polar surface area (TPSA) is 53.2 Å². The smallest absolute Gasteiger partial charge is 0.270 e. The molecule has 0 saturated carbocycles. The maximum atomic E-state index is 12.8. The van der Waals surface area contributed by atoms with Gasteiger partial charge in [0.25, 0.3) is 11.5 Å². The second-order valence-corrected chi connectivity index (χ2v) is 5.84. The molecule has 23 heavy (non-hydrogen) atoms. The van der Waals surface area contributed by atoms with E-state index < -0.39 is 0 Å². The Bertz CT molecular complexity index is 959. The van der Waals surface area contributed by atoms with E-state index in [0.717, 1.165) is 11.8 Å². The summed E-state index contributed by atoms with van der Waals surface area (Å²) in [5.74, 6) is -0.123. The zero-order valence-corrected chi connectivity index (χ0v) is 12.6. The van der Waals surface area contributed by atoms with Crippen molar-refractivity contribution >= 4 is 16.7 Å². The number of H-pyrrole nitrogens is 1. The quantitative estimate of drug-likeness (QED) is 0.751. The van der Waals surface area contributed by atoms with Crippen molar-refractivity contribution < 1.29 is 4.79 Å². The summed E-state index contributed by atoms with van der Waals surface area (Å²) in [5, 5.41) is 1.39. The van der Waals surface area contributed by atoms with Crippen molar-refractivity contribution in [3.05, 3.63) is 81.8 Å². The number of fused-ring (bicyclic) bond motifs is 2. The summed E-state index contributed by atoms with van der Waals surface area (Å²) >= 11 is 0. The van der Waals surface area contributed by atoms with Gasteiger partial charge >= 0.3 is 0 Å². The van der Waals surface area contributed by atoms with E-state index >= 15 is 0 Å². The number of carbonyl (C=O) groups is 1. The summed E-state index contributed by atoms with van der Waals surface area (Å²) in [4.78, 5) is 29.4. The van der Waals surface area contributed by atoms with Crippen LogP contribution in [0.15, 0.2) is 59.4 Å². The average molecular weight is 304 g/mol. The Kier molecular flexibility index (Phi) is 3.23. The van der Waals surface area contributed by atoms with E-state index in [1.54, 1.807) is 17.0 Å². The number of rotatable bonds is 1. The van der Waals surface area contributed by atoms with Crippen molar-refractivity contribution in [1.82, 2.24) is 9.88 Å². The van der Waals surface area contributed by atoms with E-state index in [9.17, 15) is 9.59 Å². The number of hydrogen-bond donors (Lipinski definition) is 1. The molecule has 0 fully saturated rings. The number of nitrogens with zero attached hydrogens (tertiary/aromatic N) is 1. The van der Waals surface area contributed by atoms with Gasteiger partial charge in [-0.05, 0) is 35.1 Å². The molecule has 3 aromatic rings. The Morgan fingerprint density at radius 3 is 2.61 bits per heavy atom. The van der Waals surface area contributed by atoms with Gasteiger partial charge < -0.3 is 9.88 Å². The van der Waals surface area contributed by atoms with Crippen LogP contribution in [0.2, 0.25) is 0 Å². The lowest BCUT2D eigenvalue weighted by Gasteiger charge is -2.28. The molecule has 1 aliphatic rings. The first kappa shape index (κ1) is 13.8. The molecule has 0 saturated heterocycles. The van der Waals surface area contributed by atoms with Gasteiger partial charge in [-0.2, -0.15) is 0 Å². The van der Waals surface area contributed by atoms with Crippen LogP contribution in [0.25, 0.3) is 10.8 Å². The number of nitrogens with one attached hydrogen (secondary N) is 1. The molecule has 0 bridgehead atoms. The van der Waals surface area contributed by atoms with Crippen molar-refractivity contribution in [1.29, 1.82) is 0 Å². The minimum atomic E-state index is -0.219. The molecular formula is C19H16N2O2. The van der Waals surface area contributed by atoms with Gasteiger partial charge in [0, 0.05) is 18.5 Å². The predicted octanol–water partition coefficient (Wildman–Crippen LogP) is 2.73. The molecular weight excluding hydrogens is 288 g/mol. The summed E-state index contributed by atoms with van der Waals surface area (Å²) in [6.45, 7) is 1.26. The summed E-state index contributed by atoms with van der Waals surface area (Å²) in [7, 11) is 0. The zero-order valence-electron chi connectivity index (χ0n) is 12.6. The predicted molar refractivity (Wildman–Crippen MR) is 89.5 cm³/mol. The van der Waals surface area contributed by atoms with Gasteiger partial charge in [-0.3, -0.25) is 9.59 Å². The molecule has 0 aliphatic carbocycles. The van der Waals surface area contributed by atoms with E-state index in [4.69, 9.17) is 0 Å². The molecule has 1 aliphatic heterocycles. The summed E-state index contributed by atoms with van der Waals surface area (Å²) in [6, 6.07) is 17.2. The van der Waals surface area contributed by atoms with Crippen molar-refractivity contribution in [2.24, 2.45) is 0 Å². The molecule has 114 valence electrons. The van der Waals surface area contributed by atoms with E-state index in [2.05, 4.69) is 17.1 Å². The highest BCUT2D eigenvalue weighted by Gasteiger charge is 2.22. The number of carbonyl (C=O) groups excluding carboxylic acids is 1. The van der Waals surface area contributed by atoms with Crippen LogP contribution in [0, 0.1) is 0 Å². The van der Waals surface area contributed by atoms with Crippen LogP contribution in [0.1, 0.15) is 21.6 Å². The van der Waals surface area contributed by atoms with Crippen LogP contribution in [0.5, 0.6) is 0 Å². The summed E-state index contributed by atoms with van der Waals surface area (Å²) in [5.41, 5.74) is 2.61. The highest BCUT2D eigenvalue weighted by Crippen LogP contribution is 2.20. The SMILES string of the molecule is O=C(c1cc2ccccc2c(=O)[nH]1)N1CCc2ccccc2C1. The molecule has 4 nitrogen and oxygen atoms in total. The molecule has 0 radical (unpaired) electrons. The molecule has 0 spiro atoms. The Morgan fingerprint density at radius 2 is 1.74 bits per heavy atom. The van der Waals surface area contributed by atoms with Crippen LogP contribution in [-0.4, -0.2) is 22.3 Å². The minimum Gasteiger partial charge on any atom is -0.333 e.